The van der Waals surface area contributed by atoms with Gasteiger partial charge in [-0.3, -0.25) is 4.98 Å². The van der Waals surface area contributed by atoms with Crippen LogP contribution in [0.1, 0.15) is 0 Å². The molecule has 5 nitrogen and oxygen atoms in total. The highest BCUT2D eigenvalue weighted by molar-refractivity contribution is 4.88. The number of rotatable bonds is 8. The summed E-state index contributed by atoms with van der Waals surface area (Å²) < 4.78 is 0.903. The Kier molecular flexibility index (Phi) is 24.3. The van der Waals surface area contributed by atoms with Crippen molar-refractivity contribution in [2.75, 3.05) is 26.2 Å². The van der Waals surface area contributed by atoms with Crippen molar-refractivity contribution in [3.05, 3.63) is 81.2 Å². The third kappa shape index (κ3) is 13.0. The second-order valence-corrected chi connectivity index (χ2v) is 4.25. The molecule has 0 amide bonds. The van der Waals surface area contributed by atoms with E-state index in [1.54, 1.807) is 12.4 Å². The van der Waals surface area contributed by atoms with Crippen molar-refractivity contribution in [2.24, 2.45) is 0 Å². The molecule has 0 bridgehead atoms. The predicted octanol–water partition coefficient (Wildman–Crippen LogP) is 2.14. The van der Waals surface area contributed by atoms with Gasteiger partial charge in [0.25, 0.3) is 0 Å². The Morgan fingerprint density at radius 3 is 1.14 bits per heavy atom. The van der Waals surface area contributed by atoms with Gasteiger partial charge >= 0.3 is 0 Å². The molecule has 7 N–H and O–H groups in total. The Bertz CT molecular complexity index is 309. The third-order valence-corrected chi connectivity index (χ3v) is 2.63. The second-order valence-electron chi connectivity index (χ2n) is 4.25. The van der Waals surface area contributed by atoms with Gasteiger partial charge in [0, 0.05) is 12.4 Å². The molecule has 1 rings (SSSR count). The molecule has 1 aromatic rings. The summed E-state index contributed by atoms with van der Waals surface area (Å²) in [6.45, 7) is 18.8. The van der Waals surface area contributed by atoms with Gasteiger partial charge in [-0.25, -0.2) is 0 Å². The first-order valence-corrected chi connectivity index (χ1v) is 6.38. The van der Waals surface area contributed by atoms with Crippen molar-refractivity contribution in [3.8, 4) is 0 Å². The van der Waals surface area contributed by atoms with Gasteiger partial charge in [-0.05, 0) is 36.4 Å². The number of quaternary nitrogens is 1. The number of hydrogen-bond acceptors (Lipinski definition) is 2. The summed E-state index contributed by atoms with van der Waals surface area (Å²) in [5, 5.41) is 0. The molecule has 0 aromatic carbocycles. The lowest BCUT2D eigenvalue weighted by molar-refractivity contribution is -0.906. The molecule has 22 heavy (non-hydrogen) atoms. The summed E-state index contributed by atoms with van der Waals surface area (Å²) in [6.07, 6.45) is 11.3. The van der Waals surface area contributed by atoms with Crippen LogP contribution < -0.4 is 6.15 Å². The Balaban J connectivity index is -0.000000154. The average molecular weight is 310 g/mol. The maximum Gasteiger partial charge on any atom is 0.0978 e. The third-order valence-electron chi connectivity index (χ3n) is 2.63. The van der Waals surface area contributed by atoms with Gasteiger partial charge in [-0.15, -0.1) is 0 Å². The van der Waals surface area contributed by atoms with Gasteiger partial charge in [0.05, 0.1) is 26.2 Å². The van der Waals surface area contributed by atoms with Gasteiger partial charge in [-0.2, -0.15) is 0 Å². The van der Waals surface area contributed by atoms with Crippen LogP contribution in [0.3, 0.4) is 0 Å². The maximum absolute atomic E-state index is 3.78. The van der Waals surface area contributed by atoms with E-state index in [0.717, 1.165) is 30.7 Å². The van der Waals surface area contributed by atoms with Crippen LogP contribution in [0.5, 0.6) is 0 Å². The average Bonchev–Trinajstić information content (AvgIpc) is 2.43. The standard InChI is InChI=1S/C12H20N.C5H5N.H3N.2H2O/c1-5-9-13(10-6-2,11-7-3)12-8-4;1-2-4-6-5-3-1;;;/h5-8H,1-4,9-12H2;1-5H;1H3;2*1H2/q+1;;;;. The highest BCUT2D eigenvalue weighted by Crippen LogP contribution is 2.07. The first-order chi connectivity index (χ1) is 9.24. The van der Waals surface area contributed by atoms with E-state index < -0.39 is 0 Å². The molecule has 0 unspecified atom stereocenters. The number of nitrogens with zero attached hydrogens (tertiary/aromatic N) is 2. The summed E-state index contributed by atoms with van der Waals surface area (Å²) in [5.41, 5.74) is 0. The topological polar surface area (TPSA) is 111 Å². The van der Waals surface area contributed by atoms with E-state index in [9.17, 15) is 0 Å². The van der Waals surface area contributed by atoms with Gasteiger partial charge in [0.2, 0.25) is 0 Å². The quantitative estimate of drug-likeness (QED) is 0.586. The first-order valence-electron chi connectivity index (χ1n) is 6.38. The second kappa shape index (κ2) is 18.9. The molecule has 0 radical (unpaired) electrons. The molecule has 0 fully saturated rings. The highest BCUT2D eigenvalue weighted by Gasteiger charge is 2.20. The van der Waals surface area contributed by atoms with Crippen LogP contribution in [0.25, 0.3) is 0 Å². The number of aromatic nitrogens is 1. The number of hydrogen-bond donors (Lipinski definition) is 1. The van der Waals surface area contributed by atoms with Crippen molar-refractivity contribution in [1.82, 2.24) is 11.1 Å². The Labute approximate surface area is 134 Å². The van der Waals surface area contributed by atoms with E-state index in [1.165, 1.54) is 0 Å². The lowest BCUT2D eigenvalue weighted by atomic mass is 10.3. The molecule has 0 aliphatic rings. The minimum atomic E-state index is 0. The molecule has 0 aliphatic carbocycles. The molecule has 126 valence electrons. The van der Waals surface area contributed by atoms with Crippen LogP contribution in [0, 0.1) is 0 Å². The van der Waals surface area contributed by atoms with E-state index in [0.29, 0.717) is 0 Å². The lowest BCUT2D eigenvalue weighted by Gasteiger charge is -2.35. The SMILES string of the molecule is C=CC[N+](CC=C)(CC=C)CC=C.N.O.O.c1ccncc1. The zero-order chi connectivity index (χ0) is 14.4. The molecule has 0 aliphatic heterocycles. The van der Waals surface area contributed by atoms with Crippen LogP contribution in [0.2, 0.25) is 0 Å². The maximum atomic E-state index is 3.78. The van der Waals surface area contributed by atoms with E-state index in [1.807, 2.05) is 42.5 Å². The van der Waals surface area contributed by atoms with Crippen LogP contribution in [0.15, 0.2) is 81.2 Å². The zero-order valence-corrected chi connectivity index (χ0v) is 13.5. The van der Waals surface area contributed by atoms with Crippen molar-refractivity contribution in [1.29, 1.82) is 0 Å². The summed E-state index contributed by atoms with van der Waals surface area (Å²) >= 11 is 0. The first kappa shape index (κ1) is 28.2. The molecular formula is C17H32N3O2+. The molecule has 1 heterocycles. The van der Waals surface area contributed by atoms with Gasteiger partial charge in [-0.1, -0.05) is 32.4 Å². The molecule has 0 atom stereocenters. The Morgan fingerprint density at radius 2 is 1.00 bits per heavy atom. The summed E-state index contributed by atoms with van der Waals surface area (Å²) in [5.74, 6) is 0. The monoisotopic (exact) mass is 310 g/mol. The zero-order valence-electron chi connectivity index (χ0n) is 13.5. The van der Waals surface area contributed by atoms with Crippen LogP contribution in [-0.4, -0.2) is 46.6 Å². The summed E-state index contributed by atoms with van der Waals surface area (Å²) in [6, 6.07) is 5.72. The van der Waals surface area contributed by atoms with Gasteiger partial charge in [0.1, 0.15) is 0 Å². The highest BCUT2D eigenvalue weighted by atomic mass is 16.0. The fourth-order valence-corrected chi connectivity index (χ4v) is 1.86. The van der Waals surface area contributed by atoms with E-state index in [-0.39, 0.29) is 17.1 Å². The molecule has 5 heteroatoms. The van der Waals surface area contributed by atoms with Crippen LogP contribution >= 0.6 is 0 Å². The van der Waals surface area contributed by atoms with E-state index in [2.05, 4.69) is 31.3 Å². The molecular weight excluding hydrogens is 278 g/mol. The van der Waals surface area contributed by atoms with Crippen molar-refractivity contribution in [3.63, 3.8) is 0 Å². The minimum absolute atomic E-state index is 0. The van der Waals surface area contributed by atoms with Gasteiger partial charge in [0.15, 0.2) is 0 Å². The van der Waals surface area contributed by atoms with E-state index >= 15 is 0 Å². The van der Waals surface area contributed by atoms with Crippen LogP contribution in [0.4, 0.5) is 0 Å². The summed E-state index contributed by atoms with van der Waals surface area (Å²) in [7, 11) is 0. The largest absolute Gasteiger partial charge is 0.412 e. The minimum Gasteiger partial charge on any atom is -0.412 e. The normalized spacial score (nSPS) is 8.36. The predicted molar refractivity (Wildman–Crippen MR) is 97.0 cm³/mol. The Morgan fingerprint density at radius 1 is 0.682 bits per heavy atom. The lowest BCUT2D eigenvalue weighted by Crippen LogP contribution is -2.48. The molecule has 0 saturated carbocycles. The van der Waals surface area contributed by atoms with Crippen molar-refractivity contribution in [2.45, 2.75) is 0 Å². The fraction of sp³-hybridized carbons (Fsp3) is 0.235. The Hall–Kier alpha value is -2.05. The number of pyridine rings is 1. The van der Waals surface area contributed by atoms with Crippen molar-refractivity contribution < 1.29 is 15.4 Å². The van der Waals surface area contributed by atoms with Gasteiger partial charge < -0.3 is 21.6 Å². The fourth-order valence-electron chi connectivity index (χ4n) is 1.86. The molecule has 0 spiro atoms. The van der Waals surface area contributed by atoms with E-state index in [4.69, 9.17) is 0 Å². The molecule has 0 saturated heterocycles. The smallest absolute Gasteiger partial charge is 0.0978 e. The molecule has 1 aromatic heterocycles. The van der Waals surface area contributed by atoms with Crippen molar-refractivity contribution >= 4 is 0 Å². The summed E-state index contributed by atoms with van der Waals surface area (Å²) in [4.78, 5) is 3.78. The van der Waals surface area contributed by atoms with Crippen LogP contribution in [-0.2, 0) is 0 Å².